The largest absolute Gasteiger partial charge is 0.486 e. The highest BCUT2D eigenvalue weighted by atomic mass is 19.4. The van der Waals surface area contributed by atoms with Crippen molar-refractivity contribution in [1.82, 2.24) is 9.88 Å². The second kappa shape index (κ2) is 8.58. The summed E-state index contributed by atoms with van der Waals surface area (Å²) < 4.78 is 57.7. The average molecular weight is 445 g/mol. The summed E-state index contributed by atoms with van der Waals surface area (Å²) in [4.78, 5) is 17.5. The van der Waals surface area contributed by atoms with Gasteiger partial charge < -0.3 is 10.5 Å². The Labute approximate surface area is 181 Å². The lowest BCUT2D eigenvalue weighted by Crippen LogP contribution is -2.53. The van der Waals surface area contributed by atoms with Crippen molar-refractivity contribution in [2.45, 2.75) is 18.8 Å². The van der Waals surface area contributed by atoms with E-state index in [1.165, 1.54) is 30.5 Å². The molecule has 4 rings (SSSR count). The highest BCUT2D eigenvalue weighted by Crippen LogP contribution is 2.29. The lowest BCUT2D eigenvalue weighted by molar-refractivity contribution is -0.137. The molecule has 1 amide bonds. The summed E-state index contributed by atoms with van der Waals surface area (Å²) in [6.45, 7) is 1.83. The third kappa shape index (κ3) is 4.88. The van der Waals surface area contributed by atoms with Crippen LogP contribution in [0, 0.1) is 5.82 Å². The Morgan fingerprint density at radius 2 is 1.81 bits per heavy atom. The number of nitrogens with two attached hydrogens (primary N) is 1. The number of amides is 1. The van der Waals surface area contributed by atoms with Gasteiger partial charge in [-0.15, -0.1) is 0 Å². The Morgan fingerprint density at radius 3 is 2.38 bits per heavy atom. The fourth-order valence-corrected chi connectivity index (χ4v) is 3.47. The second-order valence-corrected chi connectivity index (χ2v) is 7.57. The van der Waals surface area contributed by atoms with E-state index in [-0.39, 0.29) is 11.7 Å². The summed E-state index contributed by atoms with van der Waals surface area (Å²) in [5, 5.41) is 0. The highest BCUT2D eigenvalue weighted by molar-refractivity contribution is 5.93. The van der Waals surface area contributed by atoms with Gasteiger partial charge in [-0.05, 0) is 42.0 Å². The van der Waals surface area contributed by atoms with Crippen molar-refractivity contribution >= 4 is 5.91 Å². The number of ether oxygens (including phenoxy) is 1. The van der Waals surface area contributed by atoms with Crippen molar-refractivity contribution in [1.29, 1.82) is 0 Å². The minimum atomic E-state index is -4.33. The molecular weight excluding hydrogens is 426 g/mol. The Balaban J connectivity index is 1.29. The van der Waals surface area contributed by atoms with Gasteiger partial charge in [0.1, 0.15) is 17.7 Å². The molecule has 1 aliphatic heterocycles. The topological polar surface area (TPSA) is 68.5 Å². The zero-order valence-corrected chi connectivity index (χ0v) is 16.8. The normalized spacial score (nSPS) is 14.8. The Kier molecular flexibility index (Phi) is 5.84. The van der Waals surface area contributed by atoms with Gasteiger partial charge in [-0.1, -0.05) is 18.2 Å². The van der Waals surface area contributed by atoms with E-state index in [4.69, 9.17) is 10.5 Å². The Hall–Kier alpha value is -3.46. The van der Waals surface area contributed by atoms with E-state index in [0.29, 0.717) is 36.6 Å². The average Bonchev–Trinajstić information content (AvgIpc) is 2.72. The third-order valence-corrected chi connectivity index (χ3v) is 5.18. The van der Waals surface area contributed by atoms with Crippen LogP contribution >= 0.6 is 0 Å². The molecule has 5 nitrogen and oxygen atoms in total. The molecule has 9 heteroatoms. The zero-order chi connectivity index (χ0) is 22.9. The van der Waals surface area contributed by atoms with Crippen LogP contribution < -0.4 is 10.5 Å². The maximum absolute atomic E-state index is 13.9. The summed E-state index contributed by atoms with van der Waals surface area (Å²) in [5.41, 5.74) is 6.09. The molecule has 1 aromatic heterocycles. The molecule has 166 valence electrons. The number of likely N-dealkylation sites (tertiary alicyclic amines) is 1. The van der Waals surface area contributed by atoms with Crippen molar-refractivity contribution in [2.24, 2.45) is 5.73 Å². The van der Waals surface area contributed by atoms with E-state index in [2.05, 4.69) is 9.88 Å². The molecule has 0 radical (unpaired) electrons. The van der Waals surface area contributed by atoms with Crippen LogP contribution in [0.1, 0.15) is 21.5 Å². The summed E-state index contributed by atoms with van der Waals surface area (Å²) in [6, 6.07) is 12.6. The van der Waals surface area contributed by atoms with Crippen LogP contribution in [-0.2, 0) is 12.7 Å². The van der Waals surface area contributed by atoms with Gasteiger partial charge in [0.15, 0.2) is 0 Å². The molecule has 0 saturated carbocycles. The maximum atomic E-state index is 13.9. The number of hydrogen-bond donors (Lipinski definition) is 1. The van der Waals surface area contributed by atoms with Gasteiger partial charge in [-0.3, -0.25) is 14.7 Å². The lowest BCUT2D eigenvalue weighted by Gasteiger charge is -2.39. The number of carbonyl (C=O) groups excluding carboxylic acids is 1. The van der Waals surface area contributed by atoms with Crippen LogP contribution in [0.25, 0.3) is 11.3 Å². The van der Waals surface area contributed by atoms with Crippen LogP contribution in [0.2, 0.25) is 0 Å². The van der Waals surface area contributed by atoms with Crippen molar-refractivity contribution in [3.8, 4) is 17.0 Å². The van der Waals surface area contributed by atoms with E-state index in [0.717, 1.165) is 17.7 Å². The fourth-order valence-electron chi connectivity index (χ4n) is 3.47. The van der Waals surface area contributed by atoms with Crippen LogP contribution in [0.3, 0.4) is 0 Å². The molecule has 1 aliphatic rings. The number of hydrogen-bond acceptors (Lipinski definition) is 4. The van der Waals surface area contributed by atoms with Crippen molar-refractivity contribution in [3.63, 3.8) is 0 Å². The van der Waals surface area contributed by atoms with Crippen molar-refractivity contribution < 1.29 is 27.1 Å². The third-order valence-electron chi connectivity index (χ3n) is 5.18. The predicted molar refractivity (Wildman–Crippen MR) is 109 cm³/mol. The first-order valence-electron chi connectivity index (χ1n) is 9.80. The van der Waals surface area contributed by atoms with Gasteiger partial charge in [0.2, 0.25) is 0 Å². The highest BCUT2D eigenvalue weighted by Gasteiger charge is 2.31. The second-order valence-electron chi connectivity index (χ2n) is 7.57. The molecule has 0 spiro atoms. The molecule has 1 fully saturated rings. The number of rotatable bonds is 6. The van der Waals surface area contributed by atoms with Gasteiger partial charge in [0, 0.05) is 25.2 Å². The molecule has 0 atom stereocenters. The lowest BCUT2D eigenvalue weighted by atomic mass is 10.1. The predicted octanol–water partition coefficient (Wildman–Crippen LogP) is 4.27. The molecule has 0 unspecified atom stereocenters. The molecule has 2 aromatic carbocycles. The number of benzene rings is 2. The zero-order valence-electron chi connectivity index (χ0n) is 16.8. The summed E-state index contributed by atoms with van der Waals surface area (Å²) in [7, 11) is 0. The van der Waals surface area contributed by atoms with E-state index >= 15 is 0 Å². The molecule has 2 N–H and O–H groups in total. The van der Waals surface area contributed by atoms with Gasteiger partial charge in [-0.2, -0.15) is 13.2 Å². The first-order valence-corrected chi connectivity index (χ1v) is 9.80. The molecule has 1 saturated heterocycles. The van der Waals surface area contributed by atoms with Crippen molar-refractivity contribution in [3.05, 3.63) is 83.3 Å². The van der Waals surface area contributed by atoms with Crippen LogP contribution in [-0.4, -0.2) is 35.0 Å². The number of aromatic nitrogens is 1. The van der Waals surface area contributed by atoms with Gasteiger partial charge in [0.05, 0.1) is 23.0 Å². The minimum Gasteiger partial charge on any atom is -0.486 e. The first kappa shape index (κ1) is 21.8. The van der Waals surface area contributed by atoms with E-state index in [1.54, 1.807) is 18.2 Å². The van der Waals surface area contributed by atoms with E-state index in [1.807, 2.05) is 0 Å². The molecular formula is C23H19F4N3O2. The summed E-state index contributed by atoms with van der Waals surface area (Å²) in [6.07, 6.45) is -2.85. The van der Waals surface area contributed by atoms with Crippen LogP contribution in [0.4, 0.5) is 17.6 Å². The summed E-state index contributed by atoms with van der Waals surface area (Å²) in [5.74, 6) is -0.986. The maximum Gasteiger partial charge on any atom is 0.416 e. The number of nitrogens with zero attached hydrogens (tertiary/aromatic N) is 2. The Bertz CT molecular complexity index is 1110. The van der Waals surface area contributed by atoms with Crippen LogP contribution in [0.5, 0.6) is 5.75 Å². The quantitative estimate of drug-likeness (QED) is 0.576. The number of primary amides is 1. The molecule has 2 heterocycles. The number of alkyl halides is 3. The van der Waals surface area contributed by atoms with Gasteiger partial charge in [-0.25, -0.2) is 4.39 Å². The summed E-state index contributed by atoms with van der Waals surface area (Å²) >= 11 is 0. The number of halogens is 4. The number of carbonyl (C=O) groups is 1. The van der Waals surface area contributed by atoms with Gasteiger partial charge >= 0.3 is 6.18 Å². The van der Waals surface area contributed by atoms with Crippen LogP contribution in [0.15, 0.2) is 60.8 Å². The Morgan fingerprint density at radius 1 is 1.09 bits per heavy atom. The molecule has 32 heavy (non-hydrogen) atoms. The first-order chi connectivity index (χ1) is 15.2. The smallest absolute Gasteiger partial charge is 0.416 e. The van der Waals surface area contributed by atoms with E-state index < -0.39 is 23.5 Å². The van der Waals surface area contributed by atoms with E-state index in [9.17, 15) is 22.4 Å². The molecule has 3 aromatic rings. The molecule has 0 bridgehead atoms. The number of pyridine rings is 1. The SMILES string of the molecule is NC(=O)c1ccc(-c2ccc(OC3CN(Cc4ccc(C(F)(F)F)cc4)C3)cn2)cc1F. The van der Waals surface area contributed by atoms with Gasteiger partial charge in [0.25, 0.3) is 5.91 Å². The minimum absolute atomic E-state index is 0.0515. The standard InChI is InChI=1S/C23H19F4N3O2/c24-20-9-15(3-7-19(20)22(28)31)21-8-6-17(10-29-21)32-18-12-30(13-18)11-14-1-4-16(5-2-14)23(25,26)27/h1-10,18H,11-13H2,(H2,28,31). The fraction of sp³-hybridized carbons (Fsp3) is 0.217. The molecule has 0 aliphatic carbocycles. The van der Waals surface area contributed by atoms with Crippen molar-refractivity contribution in [2.75, 3.05) is 13.1 Å². The monoisotopic (exact) mass is 445 g/mol.